The van der Waals surface area contributed by atoms with Gasteiger partial charge in [0, 0.05) is 48.1 Å². The highest BCUT2D eigenvalue weighted by Gasteiger charge is 2.16. The summed E-state index contributed by atoms with van der Waals surface area (Å²) < 4.78 is 27.9. The van der Waals surface area contributed by atoms with E-state index < -0.39 is 5.78 Å². The van der Waals surface area contributed by atoms with Crippen LogP contribution in [0.15, 0.2) is 73.0 Å². The van der Waals surface area contributed by atoms with E-state index in [0.29, 0.717) is 51.0 Å². The summed E-state index contributed by atoms with van der Waals surface area (Å²) in [5.41, 5.74) is 3.22. The molecule has 0 atom stereocenters. The lowest BCUT2D eigenvalue weighted by molar-refractivity contribution is -0.114. The molecule has 0 fully saturated rings. The standard InChI is InChI=1S/C31H30ClN5O3/c1-4-39-30-17-28-26(15-21(30)14-25(38)9-7-13-37(2)3)31(22(18-33)19-35-28)36-23-10-11-29(27(32)16-23)40-20-24-8-5-6-12-34-24/h5-12,15-17,19H,4,13-14,20H2,1-3H3,(H,35,36)/b9-7+/i7D,9D. The molecule has 0 saturated heterocycles. The normalized spacial score (nSPS) is 12.3. The molecule has 0 spiro atoms. The lowest BCUT2D eigenvalue weighted by Crippen LogP contribution is -2.11. The van der Waals surface area contributed by atoms with Crippen LogP contribution < -0.4 is 14.8 Å². The average molecular weight is 558 g/mol. The molecule has 0 saturated carbocycles. The van der Waals surface area contributed by atoms with Gasteiger partial charge in [-0.15, -0.1) is 0 Å². The predicted octanol–water partition coefficient (Wildman–Crippen LogP) is 6.11. The number of ketones is 1. The summed E-state index contributed by atoms with van der Waals surface area (Å²) >= 11 is 6.52. The molecule has 0 aliphatic carbocycles. The van der Waals surface area contributed by atoms with Gasteiger partial charge in [-0.25, -0.2) is 0 Å². The van der Waals surface area contributed by atoms with Gasteiger partial charge in [0.05, 0.1) is 36.8 Å². The van der Waals surface area contributed by atoms with Crippen molar-refractivity contribution >= 4 is 39.7 Å². The molecule has 0 amide bonds. The highest BCUT2D eigenvalue weighted by atomic mass is 35.5. The number of ether oxygens (including phenoxy) is 2. The smallest absolute Gasteiger partial charge is 0.159 e. The van der Waals surface area contributed by atoms with E-state index in [1.165, 1.54) is 6.20 Å². The molecule has 8 nitrogen and oxygen atoms in total. The van der Waals surface area contributed by atoms with Gasteiger partial charge in [-0.2, -0.15) is 5.26 Å². The molecule has 4 aromatic rings. The molecule has 40 heavy (non-hydrogen) atoms. The fourth-order valence-electron chi connectivity index (χ4n) is 3.90. The number of carbonyl (C=O) groups is 1. The summed E-state index contributed by atoms with van der Waals surface area (Å²) in [6.45, 7) is 2.63. The van der Waals surface area contributed by atoms with Crippen LogP contribution in [0.25, 0.3) is 10.9 Å². The number of nitrogens with zero attached hydrogens (tertiary/aromatic N) is 4. The van der Waals surface area contributed by atoms with Gasteiger partial charge in [-0.05, 0) is 63.5 Å². The number of benzene rings is 2. The number of pyridine rings is 2. The first-order valence-corrected chi connectivity index (χ1v) is 13.0. The number of nitrogens with one attached hydrogen (secondary N) is 1. The van der Waals surface area contributed by atoms with Crippen LogP contribution in [0.3, 0.4) is 0 Å². The molecule has 204 valence electrons. The second kappa shape index (κ2) is 13.6. The maximum Gasteiger partial charge on any atom is 0.159 e. The molecule has 4 rings (SSSR count). The van der Waals surface area contributed by atoms with Crippen LogP contribution in [0, 0.1) is 11.3 Å². The number of rotatable bonds is 12. The molecule has 2 aromatic heterocycles. The average Bonchev–Trinajstić information content (AvgIpc) is 2.97. The van der Waals surface area contributed by atoms with Crippen molar-refractivity contribution in [1.82, 2.24) is 14.9 Å². The molecule has 0 bridgehead atoms. The van der Waals surface area contributed by atoms with Gasteiger partial charge in [-0.3, -0.25) is 14.8 Å². The quantitative estimate of drug-likeness (QED) is 0.208. The summed E-state index contributed by atoms with van der Waals surface area (Å²) in [6, 6.07) is 16.0. The zero-order valence-corrected chi connectivity index (χ0v) is 23.2. The van der Waals surface area contributed by atoms with Crippen molar-refractivity contribution in [1.29, 1.82) is 5.26 Å². The zero-order valence-electron chi connectivity index (χ0n) is 24.5. The Labute approximate surface area is 241 Å². The largest absolute Gasteiger partial charge is 0.494 e. The van der Waals surface area contributed by atoms with E-state index in [1.54, 1.807) is 55.5 Å². The number of halogens is 1. The summed E-state index contributed by atoms with van der Waals surface area (Å²) in [7, 11) is 3.54. The third kappa shape index (κ3) is 7.35. The number of aromatic nitrogens is 2. The molecule has 0 radical (unpaired) electrons. The highest BCUT2D eigenvalue weighted by molar-refractivity contribution is 6.32. The van der Waals surface area contributed by atoms with Gasteiger partial charge >= 0.3 is 0 Å². The number of likely N-dealkylation sites (N-methyl/N-ethyl adjacent to an activating group) is 1. The van der Waals surface area contributed by atoms with E-state index in [4.69, 9.17) is 23.8 Å². The van der Waals surface area contributed by atoms with Crippen molar-refractivity contribution in [3.63, 3.8) is 0 Å². The minimum atomic E-state index is -0.505. The maximum atomic E-state index is 13.0. The molecular weight excluding hydrogens is 526 g/mol. The topological polar surface area (TPSA) is 100 Å². The number of allylic oxidation sites excluding steroid dienone is 1. The number of hydrogen-bond donors (Lipinski definition) is 1. The number of nitriles is 1. The Morgan fingerprint density at radius 2 is 2.02 bits per heavy atom. The van der Waals surface area contributed by atoms with Gasteiger partial charge in [0.2, 0.25) is 0 Å². The Kier molecular flexibility index (Phi) is 8.75. The predicted molar refractivity (Wildman–Crippen MR) is 157 cm³/mol. The fraction of sp³-hybridized carbons (Fsp3) is 0.226. The van der Waals surface area contributed by atoms with Crippen LogP contribution in [0.1, 0.15) is 26.5 Å². The molecular formula is C31H30ClN5O3. The van der Waals surface area contributed by atoms with Gasteiger partial charge in [0.25, 0.3) is 0 Å². The van der Waals surface area contributed by atoms with Crippen LogP contribution in [-0.2, 0) is 17.8 Å². The minimum absolute atomic E-state index is 0.0659. The minimum Gasteiger partial charge on any atom is -0.494 e. The van der Waals surface area contributed by atoms with Gasteiger partial charge in [0.15, 0.2) is 5.78 Å². The van der Waals surface area contributed by atoms with Crippen LogP contribution >= 0.6 is 11.6 Å². The summed E-state index contributed by atoms with van der Waals surface area (Å²) in [5.74, 6) is 0.428. The molecule has 2 heterocycles. The maximum absolute atomic E-state index is 13.0. The summed E-state index contributed by atoms with van der Waals surface area (Å²) in [4.78, 5) is 23.4. The van der Waals surface area contributed by atoms with Crippen LogP contribution in [0.2, 0.25) is 5.02 Å². The SMILES string of the molecule is [2H]/C(CN(C)C)=C(/[2H])C(=O)Cc1cc2c(Nc3ccc(OCc4ccccn4)c(Cl)c3)c(C#N)cnc2cc1OCC. The Hall–Kier alpha value is -4.45. The van der Waals surface area contributed by atoms with Crippen molar-refractivity contribution in [3.8, 4) is 17.6 Å². The van der Waals surface area contributed by atoms with Gasteiger partial charge < -0.3 is 19.7 Å². The number of carbonyl (C=O) groups excluding carboxylic acids is 1. The second-order valence-electron chi connectivity index (χ2n) is 9.09. The third-order valence-electron chi connectivity index (χ3n) is 5.75. The highest BCUT2D eigenvalue weighted by Crippen LogP contribution is 2.36. The molecule has 9 heteroatoms. The number of fused-ring (bicyclic) bond motifs is 1. The zero-order chi connectivity index (χ0) is 30.2. The Balaban J connectivity index is 1.68. The molecule has 2 aromatic carbocycles. The van der Waals surface area contributed by atoms with E-state index >= 15 is 0 Å². The van der Waals surface area contributed by atoms with Crippen molar-refractivity contribution in [2.24, 2.45) is 0 Å². The lowest BCUT2D eigenvalue weighted by atomic mass is 10.0. The monoisotopic (exact) mass is 557 g/mol. The number of hydrogen-bond acceptors (Lipinski definition) is 8. The first-order chi connectivity index (χ1) is 20.2. The Bertz CT molecular complexity index is 1670. The molecule has 1 N–H and O–H groups in total. The fourth-order valence-corrected chi connectivity index (χ4v) is 4.14. The third-order valence-corrected chi connectivity index (χ3v) is 6.04. The lowest BCUT2D eigenvalue weighted by Gasteiger charge is -2.16. The Morgan fingerprint density at radius 1 is 1.18 bits per heavy atom. The first-order valence-electron chi connectivity index (χ1n) is 13.6. The first kappa shape index (κ1) is 25.8. The van der Waals surface area contributed by atoms with Gasteiger partial charge in [0.1, 0.15) is 24.2 Å². The van der Waals surface area contributed by atoms with Crippen LogP contribution in [-0.4, -0.2) is 47.9 Å². The molecule has 0 aliphatic heterocycles. The van der Waals surface area contributed by atoms with E-state index in [0.717, 1.165) is 5.69 Å². The second-order valence-corrected chi connectivity index (χ2v) is 9.50. The van der Waals surface area contributed by atoms with Crippen molar-refractivity contribution in [2.75, 3.05) is 32.6 Å². The molecule has 0 aliphatic rings. The van der Waals surface area contributed by atoms with E-state index in [2.05, 4.69) is 21.4 Å². The van der Waals surface area contributed by atoms with Crippen LogP contribution in [0.5, 0.6) is 11.5 Å². The summed E-state index contributed by atoms with van der Waals surface area (Å²) in [6.07, 6.45) is 3.01. The van der Waals surface area contributed by atoms with Crippen LogP contribution in [0.4, 0.5) is 11.4 Å². The van der Waals surface area contributed by atoms with E-state index in [9.17, 15) is 10.1 Å². The van der Waals surface area contributed by atoms with Crippen molar-refractivity contribution < 1.29 is 17.0 Å². The number of anilines is 2. The Morgan fingerprint density at radius 3 is 2.73 bits per heavy atom. The summed E-state index contributed by atoms with van der Waals surface area (Å²) in [5, 5.41) is 14.1. The van der Waals surface area contributed by atoms with Gasteiger partial charge in [-0.1, -0.05) is 23.7 Å². The van der Waals surface area contributed by atoms with E-state index in [1.807, 2.05) is 25.1 Å². The molecule has 0 unspecified atom stereocenters. The van der Waals surface area contributed by atoms with E-state index in [-0.39, 0.29) is 37.2 Å². The van der Waals surface area contributed by atoms with Crippen molar-refractivity contribution in [2.45, 2.75) is 20.0 Å². The van der Waals surface area contributed by atoms with Crippen molar-refractivity contribution in [3.05, 3.63) is 94.9 Å².